The van der Waals surface area contributed by atoms with Crippen molar-refractivity contribution in [3.8, 4) is 5.88 Å². The molecular formula is C32H35N5O5. The molecule has 3 aromatic rings. The standard InChI is InChI=1S/C32H35N5O5/c1-20-33-27-7-5-21(15-29(27)42-20)19-41-31-4-2-3-25(35-31)22-9-12-36(13-10-22)18-30-34-26-8-6-23(32(38)39)16-28(26)37(30)17-24-11-14-40-24/h2-8,15-16,22,24,27,29H,9-14,17-19H2,1H3,(H,38,39)/t24-,27?,29?/m0/s1. The van der Waals surface area contributed by atoms with E-state index in [1.54, 1.807) is 12.1 Å². The van der Waals surface area contributed by atoms with Crippen LogP contribution in [0.3, 0.4) is 0 Å². The van der Waals surface area contributed by atoms with E-state index in [9.17, 15) is 9.90 Å². The lowest BCUT2D eigenvalue weighted by atomic mass is 9.93. The van der Waals surface area contributed by atoms with Crippen LogP contribution < -0.4 is 4.74 Å². The van der Waals surface area contributed by atoms with Gasteiger partial charge in [0.2, 0.25) is 5.88 Å². The molecular weight excluding hydrogens is 534 g/mol. The summed E-state index contributed by atoms with van der Waals surface area (Å²) in [5.41, 5.74) is 4.09. The third-order valence-electron chi connectivity index (χ3n) is 8.62. The van der Waals surface area contributed by atoms with Gasteiger partial charge in [0.25, 0.3) is 0 Å². The molecule has 10 heteroatoms. The summed E-state index contributed by atoms with van der Waals surface area (Å²) in [7, 11) is 0. The van der Waals surface area contributed by atoms with Crippen molar-refractivity contribution in [3.05, 3.63) is 77.3 Å². The fourth-order valence-corrected chi connectivity index (χ4v) is 6.20. The van der Waals surface area contributed by atoms with Gasteiger partial charge in [0.05, 0.1) is 35.8 Å². The lowest BCUT2D eigenvalue weighted by molar-refractivity contribution is -0.0592. The third-order valence-corrected chi connectivity index (χ3v) is 8.62. The normalized spacial score (nSPS) is 24.1. The summed E-state index contributed by atoms with van der Waals surface area (Å²) in [4.78, 5) is 28.3. The number of hydrogen-bond donors (Lipinski definition) is 1. The molecule has 2 unspecified atom stereocenters. The van der Waals surface area contributed by atoms with Crippen molar-refractivity contribution < 1.29 is 24.1 Å². The Kier molecular flexibility index (Phi) is 7.25. The first-order valence-corrected chi connectivity index (χ1v) is 14.7. The van der Waals surface area contributed by atoms with E-state index >= 15 is 0 Å². The highest BCUT2D eigenvalue weighted by Crippen LogP contribution is 2.30. The van der Waals surface area contributed by atoms with E-state index in [0.29, 0.717) is 31.5 Å². The van der Waals surface area contributed by atoms with E-state index in [1.165, 1.54) is 0 Å². The van der Waals surface area contributed by atoms with Crippen molar-refractivity contribution in [1.29, 1.82) is 0 Å². The molecule has 42 heavy (non-hydrogen) atoms. The van der Waals surface area contributed by atoms with Gasteiger partial charge in [-0.25, -0.2) is 19.8 Å². The Hall–Kier alpha value is -4.02. The maximum atomic E-state index is 11.6. The lowest BCUT2D eigenvalue weighted by Gasteiger charge is -2.32. The molecule has 2 aromatic heterocycles. The van der Waals surface area contributed by atoms with E-state index in [1.807, 2.05) is 25.1 Å². The Morgan fingerprint density at radius 3 is 2.79 bits per heavy atom. The third kappa shape index (κ3) is 5.56. The molecule has 0 bridgehead atoms. The Labute approximate surface area is 244 Å². The second-order valence-corrected chi connectivity index (χ2v) is 11.5. The molecule has 218 valence electrons. The van der Waals surface area contributed by atoms with Gasteiger partial charge in [-0.2, -0.15) is 0 Å². The van der Waals surface area contributed by atoms with Gasteiger partial charge < -0.3 is 23.9 Å². The molecule has 10 nitrogen and oxygen atoms in total. The Balaban J connectivity index is 0.980. The van der Waals surface area contributed by atoms with Crippen LogP contribution in [0.5, 0.6) is 5.88 Å². The van der Waals surface area contributed by atoms with Gasteiger partial charge in [0.1, 0.15) is 24.6 Å². The van der Waals surface area contributed by atoms with Crippen molar-refractivity contribution in [2.75, 3.05) is 26.3 Å². The molecule has 2 fully saturated rings. The number of ether oxygens (including phenoxy) is 3. The van der Waals surface area contributed by atoms with Crippen molar-refractivity contribution in [3.63, 3.8) is 0 Å². The Bertz CT molecular complexity index is 1580. The van der Waals surface area contributed by atoms with E-state index in [0.717, 1.165) is 73.0 Å². The summed E-state index contributed by atoms with van der Waals surface area (Å²) >= 11 is 0. The van der Waals surface area contributed by atoms with Gasteiger partial charge >= 0.3 is 5.97 Å². The predicted molar refractivity (Wildman–Crippen MR) is 157 cm³/mol. The largest absolute Gasteiger partial charge is 0.478 e. The summed E-state index contributed by atoms with van der Waals surface area (Å²) < 4.78 is 19.7. The van der Waals surface area contributed by atoms with E-state index in [4.69, 9.17) is 24.2 Å². The minimum Gasteiger partial charge on any atom is -0.478 e. The number of aromatic carboxylic acids is 1. The van der Waals surface area contributed by atoms with Crippen LogP contribution in [0.2, 0.25) is 0 Å². The number of aliphatic imine (C=N–C) groups is 1. The maximum Gasteiger partial charge on any atom is 0.335 e. The smallest absolute Gasteiger partial charge is 0.335 e. The summed E-state index contributed by atoms with van der Waals surface area (Å²) in [5, 5.41) is 9.52. The van der Waals surface area contributed by atoms with E-state index in [-0.39, 0.29) is 23.8 Å². The number of carboxylic acids is 1. The first-order chi connectivity index (χ1) is 20.5. The highest BCUT2D eigenvalue weighted by atomic mass is 16.5. The number of imidazole rings is 1. The van der Waals surface area contributed by atoms with Crippen molar-refractivity contribution in [1.82, 2.24) is 19.4 Å². The molecule has 3 aliphatic heterocycles. The van der Waals surface area contributed by atoms with Crippen LogP contribution >= 0.6 is 0 Å². The zero-order valence-corrected chi connectivity index (χ0v) is 23.7. The van der Waals surface area contributed by atoms with Crippen LogP contribution in [0.1, 0.15) is 54.0 Å². The topological polar surface area (TPSA) is 111 Å². The highest BCUT2D eigenvalue weighted by molar-refractivity contribution is 5.92. The average molecular weight is 570 g/mol. The summed E-state index contributed by atoms with van der Waals surface area (Å²) in [6.45, 7) is 6.38. The number of carbonyl (C=O) groups is 1. The molecule has 1 N–H and O–H groups in total. The fourth-order valence-electron chi connectivity index (χ4n) is 6.20. The summed E-state index contributed by atoms with van der Waals surface area (Å²) in [5.74, 6) is 1.76. The number of benzene rings is 1. The summed E-state index contributed by atoms with van der Waals surface area (Å²) in [6.07, 6.45) is 9.34. The minimum atomic E-state index is -0.929. The number of hydrogen-bond acceptors (Lipinski definition) is 8. The van der Waals surface area contributed by atoms with Crippen LogP contribution in [0.25, 0.3) is 11.0 Å². The molecule has 7 rings (SSSR count). The van der Waals surface area contributed by atoms with E-state index < -0.39 is 5.97 Å². The van der Waals surface area contributed by atoms with Crippen molar-refractivity contribution in [2.45, 2.75) is 63.4 Å². The van der Waals surface area contributed by atoms with Gasteiger partial charge in [-0.1, -0.05) is 18.2 Å². The van der Waals surface area contributed by atoms with Crippen LogP contribution in [-0.2, 0) is 22.6 Å². The Morgan fingerprint density at radius 2 is 2.00 bits per heavy atom. The zero-order chi connectivity index (χ0) is 28.6. The molecule has 3 atom stereocenters. The van der Waals surface area contributed by atoms with Crippen LogP contribution in [0.15, 0.2) is 65.2 Å². The number of nitrogens with zero attached hydrogens (tertiary/aromatic N) is 5. The number of rotatable bonds is 9. The number of carboxylic acid groups (broad SMARTS) is 1. The molecule has 2 saturated heterocycles. The highest BCUT2D eigenvalue weighted by Gasteiger charge is 2.29. The first kappa shape index (κ1) is 26.9. The predicted octanol–water partition coefficient (Wildman–Crippen LogP) is 4.36. The number of fused-ring (bicyclic) bond motifs is 2. The van der Waals surface area contributed by atoms with Gasteiger partial charge in [0.15, 0.2) is 5.90 Å². The number of aromatic nitrogens is 3. The lowest BCUT2D eigenvalue weighted by Crippen LogP contribution is -2.35. The first-order valence-electron chi connectivity index (χ1n) is 14.7. The van der Waals surface area contributed by atoms with Crippen LogP contribution in [0.4, 0.5) is 0 Å². The summed E-state index contributed by atoms with van der Waals surface area (Å²) in [6, 6.07) is 11.3. The van der Waals surface area contributed by atoms with Gasteiger partial charge in [-0.15, -0.1) is 0 Å². The average Bonchev–Trinajstić information content (AvgIpc) is 3.52. The van der Waals surface area contributed by atoms with Crippen molar-refractivity contribution >= 4 is 22.9 Å². The molecule has 1 aliphatic carbocycles. The monoisotopic (exact) mass is 569 g/mol. The molecule has 0 amide bonds. The second kappa shape index (κ2) is 11.3. The fraction of sp³-hybridized carbons (Fsp3) is 0.438. The van der Waals surface area contributed by atoms with Gasteiger partial charge in [-0.3, -0.25) is 4.90 Å². The number of piperidine rings is 1. The molecule has 0 spiro atoms. The Morgan fingerprint density at radius 1 is 1.14 bits per heavy atom. The quantitative estimate of drug-likeness (QED) is 0.405. The SMILES string of the molecule is CC1=NC2C=CC(COc3cccc(C4CCN(Cc5nc6ccc(C(=O)O)cc6n5C[C@@H]5CCO5)CC4)n3)=CC2O1. The van der Waals surface area contributed by atoms with Crippen LogP contribution in [-0.4, -0.2) is 81.0 Å². The molecule has 1 aromatic carbocycles. The van der Waals surface area contributed by atoms with Crippen LogP contribution in [0, 0.1) is 0 Å². The molecule has 5 heterocycles. The van der Waals surface area contributed by atoms with Gasteiger partial charge in [0, 0.05) is 31.2 Å². The van der Waals surface area contributed by atoms with E-state index in [2.05, 4.69) is 38.8 Å². The molecule has 4 aliphatic rings. The van der Waals surface area contributed by atoms with Gasteiger partial charge in [-0.05, 0) is 68.3 Å². The minimum absolute atomic E-state index is 0.0386. The second-order valence-electron chi connectivity index (χ2n) is 11.5. The molecule has 0 radical (unpaired) electrons. The number of pyridine rings is 1. The van der Waals surface area contributed by atoms with Crippen molar-refractivity contribution in [2.24, 2.45) is 4.99 Å². The maximum absolute atomic E-state index is 11.6. The number of likely N-dealkylation sites (tertiary alicyclic amines) is 1. The molecule has 0 saturated carbocycles. The zero-order valence-electron chi connectivity index (χ0n) is 23.7.